The molecule has 3 rings (SSSR count). The smallest absolute Gasteiger partial charge is 0.253 e. The van der Waals surface area contributed by atoms with E-state index in [-0.39, 0.29) is 23.5 Å². The maximum Gasteiger partial charge on any atom is 0.253 e. The fraction of sp³-hybridized carbons (Fsp3) is 0.217. The van der Waals surface area contributed by atoms with Gasteiger partial charge in [-0.1, -0.05) is 18.2 Å². The van der Waals surface area contributed by atoms with E-state index in [2.05, 4.69) is 10.6 Å². The Morgan fingerprint density at radius 3 is 2.52 bits per heavy atom. The first-order valence-corrected chi connectivity index (χ1v) is 11.9. The normalized spacial score (nSPS) is 11.0. The van der Waals surface area contributed by atoms with Crippen LogP contribution in [0.5, 0.6) is 5.75 Å². The third-order valence-electron chi connectivity index (χ3n) is 4.74. The number of furan rings is 1. The summed E-state index contributed by atoms with van der Waals surface area (Å²) in [7, 11) is -2.39. The highest BCUT2D eigenvalue weighted by Gasteiger charge is 2.25. The molecule has 2 amide bonds. The second-order valence-corrected chi connectivity index (χ2v) is 9.21. The molecule has 10 heteroatoms. The Morgan fingerprint density at radius 2 is 1.85 bits per heavy atom. The summed E-state index contributed by atoms with van der Waals surface area (Å²) >= 11 is 0. The number of carbonyl (C=O) groups excluding carboxylic acids is 2. The van der Waals surface area contributed by atoms with Gasteiger partial charge in [0.25, 0.3) is 5.91 Å². The van der Waals surface area contributed by atoms with Crippen molar-refractivity contribution in [2.24, 2.45) is 0 Å². The number of methoxy groups -OCH3 is 1. The molecule has 0 spiro atoms. The predicted molar refractivity (Wildman–Crippen MR) is 125 cm³/mol. The summed E-state index contributed by atoms with van der Waals surface area (Å²) in [4.78, 5) is 25.5. The van der Waals surface area contributed by atoms with Gasteiger partial charge in [-0.2, -0.15) is 0 Å². The molecular formula is C23H25N3O6S. The number of ether oxygens (including phenoxy) is 1. The predicted octanol–water partition coefficient (Wildman–Crippen LogP) is 2.93. The quantitative estimate of drug-likeness (QED) is 0.495. The summed E-state index contributed by atoms with van der Waals surface area (Å²) in [6, 6.07) is 14.9. The Labute approximate surface area is 192 Å². The van der Waals surface area contributed by atoms with Gasteiger partial charge in [-0.15, -0.1) is 0 Å². The summed E-state index contributed by atoms with van der Waals surface area (Å²) in [5.41, 5.74) is 1.54. The van der Waals surface area contributed by atoms with Crippen molar-refractivity contribution in [1.82, 2.24) is 5.32 Å². The lowest BCUT2D eigenvalue weighted by atomic mass is 10.1. The maximum atomic E-state index is 12.8. The van der Waals surface area contributed by atoms with Crippen LogP contribution >= 0.6 is 0 Å². The number of nitrogens with one attached hydrogen (secondary N) is 2. The highest BCUT2D eigenvalue weighted by molar-refractivity contribution is 7.92. The van der Waals surface area contributed by atoms with Crippen molar-refractivity contribution >= 4 is 33.2 Å². The van der Waals surface area contributed by atoms with Gasteiger partial charge < -0.3 is 19.8 Å². The standard InChI is InChI=1S/C23H25N3O6S/c1-16-10-11-21(31-2)20(13-16)26(33(3,29)30)15-22(27)25-19-9-5-4-8-18(19)23(28)24-14-17-7-6-12-32-17/h4-13H,14-15H2,1-3H3,(H,24,28)(H,25,27). The van der Waals surface area contributed by atoms with Crippen LogP contribution in [0.25, 0.3) is 0 Å². The van der Waals surface area contributed by atoms with Crippen molar-refractivity contribution < 1.29 is 27.2 Å². The Hall–Kier alpha value is -3.79. The summed E-state index contributed by atoms with van der Waals surface area (Å²) in [5, 5.41) is 5.36. The minimum atomic E-state index is -3.81. The van der Waals surface area contributed by atoms with E-state index < -0.39 is 28.4 Å². The van der Waals surface area contributed by atoms with Crippen molar-refractivity contribution in [1.29, 1.82) is 0 Å². The molecule has 0 saturated heterocycles. The molecule has 2 aromatic carbocycles. The first-order valence-electron chi connectivity index (χ1n) is 10.0. The number of carbonyl (C=O) groups is 2. The van der Waals surface area contributed by atoms with Crippen LogP contribution in [0.2, 0.25) is 0 Å². The molecule has 2 N–H and O–H groups in total. The van der Waals surface area contributed by atoms with Gasteiger partial charge >= 0.3 is 0 Å². The molecule has 1 aromatic heterocycles. The van der Waals surface area contributed by atoms with Gasteiger partial charge in [-0.05, 0) is 48.9 Å². The zero-order valence-corrected chi connectivity index (χ0v) is 19.3. The second kappa shape index (κ2) is 10.2. The average molecular weight is 472 g/mol. The molecular weight excluding hydrogens is 446 g/mol. The number of nitrogens with zero attached hydrogens (tertiary/aromatic N) is 1. The molecule has 0 saturated carbocycles. The molecule has 0 unspecified atom stereocenters. The number of sulfonamides is 1. The summed E-state index contributed by atoms with van der Waals surface area (Å²) in [6.45, 7) is 1.49. The number of para-hydroxylation sites is 1. The van der Waals surface area contributed by atoms with Crippen molar-refractivity contribution in [2.45, 2.75) is 13.5 Å². The SMILES string of the molecule is COc1ccc(C)cc1N(CC(=O)Nc1ccccc1C(=O)NCc1ccco1)S(C)(=O)=O. The van der Waals surface area contributed by atoms with Crippen molar-refractivity contribution in [3.63, 3.8) is 0 Å². The molecule has 0 radical (unpaired) electrons. The largest absolute Gasteiger partial charge is 0.495 e. The Bertz CT molecular complexity index is 1240. The van der Waals surface area contributed by atoms with Gasteiger partial charge in [0.2, 0.25) is 15.9 Å². The fourth-order valence-corrected chi connectivity index (χ4v) is 4.01. The molecule has 0 atom stereocenters. The molecule has 1 heterocycles. The summed E-state index contributed by atoms with van der Waals surface area (Å²) < 4.78 is 36.4. The molecule has 3 aromatic rings. The highest BCUT2D eigenvalue weighted by atomic mass is 32.2. The lowest BCUT2D eigenvalue weighted by Gasteiger charge is -2.24. The van der Waals surface area contributed by atoms with E-state index in [0.29, 0.717) is 11.5 Å². The second-order valence-electron chi connectivity index (χ2n) is 7.30. The molecule has 0 aliphatic rings. The maximum absolute atomic E-state index is 12.8. The van der Waals surface area contributed by atoms with Crippen LogP contribution in [0.4, 0.5) is 11.4 Å². The van der Waals surface area contributed by atoms with Gasteiger partial charge in [0.1, 0.15) is 18.1 Å². The number of aryl methyl sites for hydroxylation is 1. The van der Waals surface area contributed by atoms with E-state index in [1.165, 1.54) is 13.4 Å². The number of amides is 2. The van der Waals surface area contributed by atoms with Gasteiger partial charge in [0.15, 0.2) is 0 Å². The number of hydrogen-bond donors (Lipinski definition) is 2. The van der Waals surface area contributed by atoms with E-state index in [9.17, 15) is 18.0 Å². The zero-order chi connectivity index (χ0) is 24.0. The van der Waals surface area contributed by atoms with Crippen molar-refractivity contribution in [2.75, 3.05) is 29.5 Å². The summed E-state index contributed by atoms with van der Waals surface area (Å²) in [6.07, 6.45) is 2.52. The van der Waals surface area contributed by atoms with E-state index in [0.717, 1.165) is 16.1 Å². The Kier molecular flexibility index (Phi) is 7.39. The lowest BCUT2D eigenvalue weighted by Crippen LogP contribution is -2.38. The Morgan fingerprint density at radius 1 is 1.09 bits per heavy atom. The van der Waals surface area contributed by atoms with E-state index in [4.69, 9.17) is 9.15 Å². The van der Waals surface area contributed by atoms with Gasteiger partial charge in [-0.3, -0.25) is 13.9 Å². The molecule has 0 aliphatic heterocycles. The van der Waals surface area contributed by atoms with Crippen LogP contribution in [0.1, 0.15) is 21.7 Å². The van der Waals surface area contributed by atoms with E-state index in [1.807, 2.05) is 0 Å². The number of benzene rings is 2. The first-order chi connectivity index (χ1) is 15.7. The fourth-order valence-electron chi connectivity index (χ4n) is 3.16. The van der Waals surface area contributed by atoms with Gasteiger partial charge in [-0.25, -0.2) is 8.42 Å². The third-order valence-corrected chi connectivity index (χ3v) is 5.87. The highest BCUT2D eigenvalue weighted by Crippen LogP contribution is 2.31. The topological polar surface area (TPSA) is 118 Å². The van der Waals surface area contributed by atoms with Crippen LogP contribution in [-0.4, -0.2) is 40.1 Å². The molecule has 9 nitrogen and oxygen atoms in total. The lowest BCUT2D eigenvalue weighted by molar-refractivity contribution is -0.114. The molecule has 174 valence electrons. The average Bonchev–Trinajstić information content (AvgIpc) is 3.29. The number of hydrogen-bond acceptors (Lipinski definition) is 6. The van der Waals surface area contributed by atoms with Crippen LogP contribution < -0.4 is 19.7 Å². The van der Waals surface area contributed by atoms with Crippen LogP contribution in [-0.2, 0) is 21.4 Å². The van der Waals surface area contributed by atoms with Crippen molar-refractivity contribution in [3.8, 4) is 5.75 Å². The van der Waals surface area contributed by atoms with Crippen LogP contribution in [0.3, 0.4) is 0 Å². The van der Waals surface area contributed by atoms with Crippen molar-refractivity contribution in [3.05, 3.63) is 77.7 Å². The summed E-state index contributed by atoms with van der Waals surface area (Å²) in [5.74, 6) is -0.129. The number of anilines is 2. The van der Waals surface area contributed by atoms with Gasteiger partial charge in [0, 0.05) is 0 Å². The molecule has 33 heavy (non-hydrogen) atoms. The van der Waals surface area contributed by atoms with E-state index >= 15 is 0 Å². The minimum Gasteiger partial charge on any atom is -0.495 e. The number of rotatable bonds is 9. The Balaban J connectivity index is 1.79. The van der Waals surface area contributed by atoms with Gasteiger partial charge in [0.05, 0.1) is 43.1 Å². The zero-order valence-electron chi connectivity index (χ0n) is 18.5. The third kappa shape index (κ3) is 6.13. The molecule has 0 bridgehead atoms. The monoisotopic (exact) mass is 471 g/mol. The molecule has 0 fully saturated rings. The minimum absolute atomic E-state index is 0.184. The molecule has 0 aliphatic carbocycles. The van der Waals surface area contributed by atoms with E-state index in [1.54, 1.807) is 61.5 Å². The first kappa shape index (κ1) is 23.9. The van der Waals surface area contributed by atoms with Crippen LogP contribution in [0, 0.1) is 6.92 Å². The van der Waals surface area contributed by atoms with Crippen LogP contribution in [0.15, 0.2) is 65.3 Å².